The van der Waals surface area contributed by atoms with Crippen LogP contribution >= 0.6 is 39.1 Å². The molecule has 0 aliphatic carbocycles. The van der Waals surface area contributed by atoms with Crippen molar-refractivity contribution in [2.75, 3.05) is 5.32 Å². The van der Waals surface area contributed by atoms with Crippen LogP contribution in [-0.2, 0) is 9.59 Å². The summed E-state index contributed by atoms with van der Waals surface area (Å²) in [7, 11) is 0. The largest absolute Gasteiger partial charge is 0.329 e. The van der Waals surface area contributed by atoms with E-state index < -0.39 is 11.8 Å². The molecule has 0 unspecified atom stereocenters. The number of hydrogen-bond acceptors (Lipinski definition) is 3. The smallest absolute Gasteiger partial charge is 0.316 e. The molecule has 5 nitrogen and oxygen atoms in total. The van der Waals surface area contributed by atoms with Crippen molar-refractivity contribution in [3.63, 3.8) is 0 Å². The number of anilines is 1. The fraction of sp³-hybridized carbons (Fsp3) is 0. The first-order valence-electron chi connectivity index (χ1n) is 6.31. The molecule has 2 N–H and O–H groups in total. The van der Waals surface area contributed by atoms with Crippen LogP contribution in [0.2, 0.25) is 10.0 Å². The predicted octanol–water partition coefficient (Wildman–Crippen LogP) is 3.84. The number of nitrogens with zero attached hydrogens (tertiary/aromatic N) is 1. The van der Waals surface area contributed by atoms with Crippen LogP contribution in [0.1, 0.15) is 5.56 Å². The summed E-state index contributed by atoms with van der Waals surface area (Å²) in [6.45, 7) is 0. The molecular formula is C15H10BrCl2N3O2. The predicted molar refractivity (Wildman–Crippen MR) is 95.0 cm³/mol. The van der Waals surface area contributed by atoms with Crippen LogP contribution < -0.4 is 10.7 Å². The van der Waals surface area contributed by atoms with E-state index in [-0.39, 0.29) is 10.7 Å². The Morgan fingerprint density at radius 2 is 1.87 bits per heavy atom. The number of carbonyl (C=O) groups is 2. The lowest BCUT2D eigenvalue weighted by Gasteiger charge is -2.06. The fourth-order valence-electron chi connectivity index (χ4n) is 1.57. The summed E-state index contributed by atoms with van der Waals surface area (Å²) >= 11 is 15.0. The second-order valence-electron chi connectivity index (χ2n) is 4.33. The van der Waals surface area contributed by atoms with Crippen LogP contribution in [0, 0.1) is 0 Å². The molecule has 0 spiro atoms. The first-order valence-corrected chi connectivity index (χ1v) is 7.85. The van der Waals surface area contributed by atoms with Crippen molar-refractivity contribution >= 4 is 62.8 Å². The molecule has 0 aromatic heterocycles. The van der Waals surface area contributed by atoms with Crippen LogP contribution in [0.4, 0.5) is 5.69 Å². The number of nitrogens with one attached hydrogen (secondary N) is 2. The summed E-state index contributed by atoms with van der Waals surface area (Å²) in [6.07, 6.45) is 1.42. The zero-order valence-electron chi connectivity index (χ0n) is 11.5. The lowest BCUT2D eigenvalue weighted by molar-refractivity contribution is -0.136. The van der Waals surface area contributed by atoms with Gasteiger partial charge in [0.25, 0.3) is 0 Å². The molecule has 23 heavy (non-hydrogen) atoms. The number of carbonyl (C=O) groups excluding carboxylic acids is 2. The van der Waals surface area contributed by atoms with E-state index in [9.17, 15) is 9.59 Å². The van der Waals surface area contributed by atoms with Gasteiger partial charge in [0.1, 0.15) is 0 Å². The summed E-state index contributed by atoms with van der Waals surface area (Å²) in [5.41, 5.74) is 3.18. The zero-order chi connectivity index (χ0) is 16.8. The summed E-state index contributed by atoms with van der Waals surface area (Å²) in [5.74, 6) is -1.80. The van der Waals surface area contributed by atoms with E-state index in [4.69, 9.17) is 23.2 Å². The van der Waals surface area contributed by atoms with Crippen LogP contribution in [0.25, 0.3) is 0 Å². The Morgan fingerprint density at radius 3 is 2.57 bits per heavy atom. The normalized spacial score (nSPS) is 10.6. The Bertz CT molecular complexity index is 781. The lowest BCUT2D eigenvalue weighted by Crippen LogP contribution is -2.32. The molecule has 0 saturated carbocycles. The third kappa shape index (κ3) is 5.35. The summed E-state index contributed by atoms with van der Waals surface area (Å²) < 4.78 is 0.878. The van der Waals surface area contributed by atoms with Crippen molar-refractivity contribution in [1.82, 2.24) is 5.43 Å². The molecule has 8 heteroatoms. The van der Waals surface area contributed by atoms with Gasteiger partial charge in [0.05, 0.1) is 16.9 Å². The summed E-state index contributed by atoms with van der Waals surface area (Å²) in [6, 6.07) is 11.8. The Hall–Kier alpha value is -1.89. The molecule has 2 rings (SSSR count). The minimum absolute atomic E-state index is 0.233. The van der Waals surface area contributed by atoms with Crippen LogP contribution in [0.15, 0.2) is 52.0 Å². The minimum Gasteiger partial charge on any atom is -0.316 e. The average molecular weight is 415 g/mol. The van der Waals surface area contributed by atoms with Gasteiger partial charge in [-0.25, -0.2) is 5.43 Å². The Morgan fingerprint density at radius 1 is 1.09 bits per heavy atom. The average Bonchev–Trinajstić information content (AvgIpc) is 2.50. The number of hydrazone groups is 1. The maximum absolute atomic E-state index is 11.7. The number of halogens is 3. The Balaban J connectivity index is 1.93. The van der Waals surface area contributed by atoms with E-state index in [0.29, 0.717) is 5.02 Å². The van der Waals surface area contributed by atoms with Gasteiger partial charge < -0.3 is 5.32 Å². The molecule has 118 valence electrons. The zero-order valence-corrected chi connectivity index (χ0v) is 14.6. The Labute approximate surface area is 150 Å². The van der Waals surface area contributed by atoms with E-state index in [1.165, 1.54) is 18.3 Å². The number of rotatable bonds is 3. The van der Waals surface area contributed by atoms with Crippen molar-refractivity contribution < 1.29 is 9.59 Å². The van der Waals surface area contributed by atoms with Gasteiger partial charge >= 0.3 is 11.8 Å². The third-order valence-electron chi connectivity index (χ3n) is 2.61. The molecular weight excluding hydrogens is 405 g/mol. The second kappa shape index (κ2) is 8.10. The maximum atomic E-state index is 11.7. The minimum atomic E-state index is -0.915. The van der Waals surface area contributed by atoms with Crippen molar-refractivity contribution in [3.8, 4) is 0 Å². The number of hydrogen-bond donors (Lipinski definition) is 2. The van der Waals surface area contributed by atoms with Crippen molar-refractivity contribution in [2.24, 2.45) is 5.10 Å². The van der Waals surface area contributed by atoms with Gasteiger partial charge in [0, 0.05) is 9.50 Å². The highest BCUT2D eigenvalue weighted by molar-refractivity contribution is 9.10. The monoisotopic (exact) mass is 413 g/mol. The van der Waals surface area contributed by atoms with Gasteiger partial charge in [0.15, 0.2) is 0 Å². The Kier molecular flexibility index (Phi) is 6.15. The highest BCUT2D eigenvalue weighted by Crippen LogP contribution is 2.25. The van der Waals surface area contributed by atoms with Gasteiger partial charge in [-0.3, -0.25) is 9.59 Å². The van der Waals surface area contributed by atoms with Gasteiger partial charge in [-0.1, -0.05) is 51.3 Å². The second-order valence-corrected chi connectivity index (χ2v) is 6.09. The van der Waals surface area contributed by atoms with Gasteiger partial charge in [0.2, 0.25) is 0 Å². The van der Waals surface area contributed by atoms with Crippen LogP contribution in [-0.4, -0.2) is 18.0 Å². The molecule has 0 fully saturated rings. The van der Waals surface area contributed by atoms with Crippen molar-refractivity contribution in [3.05, 3.63) is 62.5 Å². The van der Waals surface area contributed by atoms with Crippen LogP contribution in [0.5, 0.6) is 0 Å². The van der Waals surface area contributed by atoms with E-state index in [2.05, 4.69) is 31.8 Å². The SMILES string of the molecule is O=C(N/N=C/c1cccc(Br)c1)C(=O)Nc1ccc(Cl)cc1Cl. The van der Waals surface area contributed by atoms with E-state index in [0.717, 1.165) is 10.0 Å². The van der Waals surface area contributed by atoms with Crippen molar-refractivity contribution in [2.45, 2.75) is 0 Å². The molecule has 0 atom stereocenters. The molecule has 2 aromatic rings. The number of amides is 2. The summed E-state index contributed by atoms with van der Waals surface area (Å²) in [4.78, 5) is 23.4. The van der Waals surface area contributed by atoms with E-state index >= 15 is 0 Å². The molecule has 2 aromatic carbocycles. The topological polar surface area (TPSA) is 70.6 Å². The summed E-state index contributed by atoms with van der Waals surface area (Å²) in [5, 5.41) is 6.75. The molecule has 0 saturated heterocycles. The third-order valence-corrected chi connectivity index (χ3v) is 3.66. The van der Waals surface area contributed by atoms with E-state index in [1.807, 2.05) is 18.2 Å². The molecule has 0 radical (unpaired) electrons. The lowest BCUT2D eigenvalue weighted by atomic mass is 10.2. The highest BCUT2D eigenvalue weighted by Gasteiger charge is 2.14. The molecule has 2 amide bonds. The van der Waals surface area contributed by atoms with E-state index in [1.54, 1.807) is 12.1 Å². The van der Waals surface area contributed by atoms with Gasteiger partial charge in [-0.2, -0.15) is 5.10 Å². The fourth-order valence-corrected chi connectivity index (χ4v) is 2.45. The molecule has 0 bridgehead atoms. The number of benzene rings is 2. The highest BCUT2D eigenvalue weighted by atomic mass is 79.9. The maximum Gasteiger partial charge on any atom is 0.329 e. The van der Waals surface area contributed by atoms with Gasteiger partial charge in [-0.15, -0.1) is 0 Å². The van der Waals surface area contributed by atoms with Crippen LogP contribution in [0.3, 0.4) is 0 Å². The molecule has 0 aliphatic rings. The standard InChI is InChI=1S/C15H10BrCl2N3O2/c16-10-3-1-2-9(6-10)8-19-21-15(23)14(22)20-13-5-4-11(17)7-12(13)18/h1-8H,(H,20,22)(H,21,23)/b19-8+. The first-order chi connectivity index (χ1) is 11.0. The van der Waals surface area contributed by atoms with Crippen molar-refractivity contribution in [1.29, 1.82) is 0 Å². The first kappa shape index (κ1) is 17.5. The quantitative estimate of drug-likeness (QED) is 0.455. The molecule has 0 heterocycles. The molecule has 0 aliphatic heterocycles. The van der Waals surface area contributed by atoms with Gasteiger partial charge in [-0.05, 0) is 35.9 Å².